The zero-order chi connectivity index (χ0) is 18.7. The number of benzene rings is 1. The Balaban J connectivity index is 1.49. The molecule has 140 valence electrons. The molecule has 3 rings (SSSR count). The van der Waals surface area contributed by atoms with Gasteiger partial charge in [0, 0.05) is 13.1 Å². The quantitative estimate of drug-likeness (QED) is 0.900. The smallest absolute Gasteiger partial charge is 0.337 e. The fraction of sp³-hybridized carbons (Fsp3) is 0.471. The monoisotopic (exact) mass is 368 g/mol. The second kappa shape index (κ2) is 7.35. The molecular weight excluding hydrogens is 349 g/mol. The van der Waals surface area contributed by atoms with Crippen molar-refractivity contribution in [2.24, 2.45) is 0 Å². The molecule has 1 fully saturated rings. The highest BCUT2D eigenvalue weighted by Gasteiger charge is 2.30. The minimum absolute atomic E-state index is 0.153. The van der Waals surface area contributed by atoms with Gasteiger partial charge >= 0.3 is 12.2 Å². The maximum absolute atomic E-state index is 12.6. The van der Waals surface area contributed by atoms with Gasteiger partial charge in [-0.2, -0.15) is 18.2 Å². The zero-order valence-electron chi connectivity index (χ0n) is 14.2. The molecule has 0 unspecified atom stereocenters. The van der Waals surface area contributed by atoms with Crippen LogP contribution in [0.3, 0.4) is 0 Å². The minimum atomic E-state index is -4.32. The lowest BCUT2D eigenvalue weighted by Crippen LogP contribution is -2.43. The molecule has 0 saturated carbocycles. The number of hydrogen-bond donors (Lipinski definition) is 1. The van der Waals surface area contributed by atoms with Crippen molar-refractivity contribution in [2.75, 3.05) is 13.1 Å². The lowest BCUT2D eigenvalue weighted by Gasteiger charge is -2.32. The van der Waals surface area contributed by atoms with Crippen LogP contribution in [0.5, 0.6) is 0 Å². The van der Waals surface area contributed by atoms with Crippen molar-refractivity contribution in [3.05, 3.63) is 47.1 Å². The normalized spacial score (nSPS) is 15.9. The number of halogens is 3. The Morgan fingerprint density at radius 2 is 1.92 bits per heavy atom. The molecule has 26 heavy (non-hydrogen) atoms. The Kier molecular flexibility index (Phi) is 5.15. The number of hydrogen-bond acceptors (Lipinski definition) is 4. The molecule has 1 aliphatic rings. The predicted molar refractivity (Wildman–Crippen MR) is 86.3 cm³/mol. The van der Waals surface area contributed by atoms with Crippen LogP contribution in [0.2, 0.25) is 0 Å². The number of urea groups is 1. The summed E-state index contributed by atoms with van der Waals surface area (Å²) in [6, 6.07) is 5.07. The van der Waals surface area contributed by atoms with Crippen molar-refractivity contribution in [3.8, 4) is 0 Å². The predicted octanol–water partition coefficient (Wildman–Crippen LogP) is 3.49. The van der Waals surface area contributed by atoms with E-state index in [-0.39, 0.29) is 18.5 Å². The van der Waals surface area contributed by atoms with E-state index in [1.807, 2.05) is 0 Å². The summed E-state index contributed by atoms with van der Waals surface area (Å²) in [6.45, 7) is 2.94. The van der Waals surface area contributed by atoms with Gasteiger partial charge in [-0.05, 0) is 43.4 Å². The van der Waals surface area contributed by atoms with Crippen molar-refractivity contribution in [3.63, 3.8) is 0 Å². The van der Waals surface area contributed by atoms with Gasteiger partial charge in [0.05, 0.1) is 12.1 Å². The number of alkyl halides is 3. The van der Waals surface area contributed by atoms with Crippen LogP contribution in [0.15, 0.2) is 28.8 Å². The number of rotatable bonds is 3. The number of piperidine rings is 1. The first kappa shape index (κ1) is 18.2. The maximum Gasteiger partial charge on any atom is 0.416 e. The second-order valence-electron chi connectivity index (χ2n) is 6.28. The molecule has 0 aliphatic carbocycles. The molecule has 1 saturated heterocycles. The standard InChI is InChI=1S/C17H19F3N4O2/c1-11-22-15(26-23-11)10-21-16(25)24-8-6-13(7-9-24)12-2-4-14(5-3-12)17(18,19)20/h2-5,13H,6-10H2,1H3,(H,21,25). The van der Waals surface area contributed by atoms with E-state index in [1.54, 1.807) is 11.8 Å². The topological polar surface area (TPSA) is 71.3 Å². The van der Waals surface area contributed by atoms with E-state index < -0.39 is 11.7 Å². The fourth-order valence-corrected chi connectivity index (χ4v) is 3.04. The van der Waals surface area contributed by atoms with Gasteiger partial charge in [0.15, 0.2) is 5.82 Å². The second-order valence-corrected chi connectivity index (χ2v) is 6.28. The van der Waals surface area contributed by atoms with Gasteiger partial charge < -0.3 is 14.7 Å². The van der Waals surface area contributed by atoms with Crippen LogP contribution in [0, 0.1) is 6.92 Å². The first-order chi connectivity index (χ1) is 12.3. The molecule has 2 amide bonds. The van der Waals surface area contributed by atoms with E-state index in [2.05, 4.69) is 15.5 Å². The summed E-state index contributed by atoms with van der Waals surface area (Å²) in [5, 5.41) is 6.38. The Labute approximate surface area is 148 Å². The Bertz CT molecular complexity index is 750. The van der Waals surface area contributed by atoms with Crippen LogP contribution in [0.25, 0.3) is 0 Å². The van der Waals surface area contributed by atoms with Crippen molar-refractivity contribution in [1.29, 1.82) is 0 Å². The van der Waals surface area contributed by atoms with E-state index >= 15 is 0 Å². The Morgan fingerprint density at radius 1 is 1.27 bits per heavy atom. The average Bonchev–Trinajstić information content (AvgIpc) is 3.04. The first-order valence-corrected chi connectivity index (χ1v) is 8.32. The number of carbonyl (C=O) groups is 1. The van der Waals surface area contributed by atoms with Crippen molar-refractivity contribution < 1.29 is 22.5 Å². The molecule has 2 heterocycles. The molecule has 0 radical (unpaired) electrons. The van der Waals surface area contributed by atoms with Gasteiger partial charge in [0.1, 0.15) is 0 Å². The highest BCUT2D eigenvalue weighted by Crippen LogP contribution is 2.32. The SMILES string of the molecule is Cc1noc(CNC(=O)N2CCC(c3ccc(C(F)(F)F)cc3)CC2)n1. The number of amides is 2. The van der Waals surface area contributed by atoms with Crippen molar-refractivity contribution in [2.45, 2.75) is 38.4 Å². The summed E-state index contributed by atoms with van der Waals surface area (Å²) < 4.78 is 42.8. The molecule has 2 aromatic rings. The van der Waals surface area contributed by atoms with Crippen LogP contribution >= 0.6 is 0 Å². The van der Waals surface area contributed by atoms with Crippen molar-refractivity contribution >= 4 is 6.03 Å². The molecule has 9 heteroatoms. The highest BCUT2D eigenvalue weighted by atomic mass is 19.4. The summed E-state index contributed by atoms with van der Waals surface area (Å²) in [6.07, 6.45) is -2.91. The summed E-state index contributed by atoms with van der Waals surface area (Å²) >= 11 is 0. The molecule has 6 nitrogen and oxygen atoms in total. The highest BCUT2D eigenvalue weighted by molar-refractivity contribution is 5.74. The molecule has 0 atom stereocenters. The van der Waals surface area contributed by atoms with Crippen LogP contribution in [-0.4, -0.2) is 34.2 Å². The summed E-state index contributed by atoms with van der Waals surface area (Å²) in [4.78, 5) is 17.9. The van der Waals surface area contributed by atoms with Gasteiger partial charge in [-0.25, -0.2) is 4.79 Å². The lowest BCUT2D eigenvalue weighted by atomic mass is 9.89. The molecule has 1 N–H and O–H groups in total. The lowest BCUT2D eigenvalue weighted by molar-refractivity contribution is -0.137. The van der Waals surface area contributed by atoms with Crippen molar-refractivity contribution in [1.82, 2.24) is 20.4 Å². The third kappa shape index (κ3) is 4.33. The van der Waals surface area contributed by atoms with E-state index in [4.69, 9.17) is 4.52 Å². The molecule has 1 aromatic carbocycles. The van der Waals surface area contributed by atoms with E-state index in [9.17, 15) is 18.0 Å². The van der Waals surface area contributed by atoms with Crippen LogP contribution in [0.1, 0.15) is 41.6 Å². The number of carbonyl (C=O) groups excluding carboxylic acids is 1. The number of aryl methyl sites for hydroxylation is 1. The van der Waals surface area contributed by atoms with Gasteiger partial charge in [-0.15, -0.1) is 0 Å². The van der Waals surface area contributed by atoms with Gasteiger partial charge in [-0.1, -0.05) is 17.3 Å². The average molecular weight is 368 g/mol. The first-order valence-electron chi connectivity index (χ1n) is 8.32. The summed E-state index contributed by atoms with van der Waals surface area (Å²) in [5.74, 6) is 1.00. The Morgan fingerprint density at radius 3 is 2.46 bits per heavy atom. The third-order valence-corrected chi connectivity index (χ3v) is 4.45. The molecule has 1 aliphatic heterocycles. The zero-order valence-corrected chi connectivity index (χ0v) is 14.2. The number of nitrogens with zero attached hydrogens (tertiary/aromatic N) is 3. The largest absolute Gasteiger partial charge is 0.416 e. The molecule has 0 spiro atoms. The molecule has 1 aromatic heterocycles. The van der Waals surface area contributed by atoms with Crippen LogP contribution < -0.4 is 5.32 Å². The van der Waals surface area contributed by atoms with E-state index in [0.29, 0.717) is 37.6 Å². The van der Waals surface area contributed by atoms with Gasteiger partial charge in [0.25, 0.3) is 0 Å². The van der Waals surface area contributed by atoms with Gasteiger partial charge in [0.2, 0.25) is 5.89 Å². The van der Waals surface area contributed by atoms with Crippen LogP contribution in [0.4, 0.5) is 18.0 Å². The molecular formula is C17H19F3N4O2. The summed E-state index contributed by atoms with van der Waals surface area (Å²) in [5.41, 5.74) is 0.230. The van der Waals surface area contributed by atoms with E-state index in [1.165, 1.54) is 12.1 Å². The Hall–Kier alpha value is -2.58. The maximum atomic E-state index is 12.6. The van der Waals surface area contributed by atoms with Gasteiger partial charge in [-0.3, -0.25) is 0 Å². The molecule has 0 bridgehead atoms. The van der Waals surface area contributed by atoms with E-state index in [0.717, 1.165) is 17.7 Å². The number of likely N-dealkylation sites (tertiary alicyclic amines) is 1. The third-order valence-electron chi connectivity index (χ3n) is 4.45. The van der Waals surface area contributed by atoms with Crippen LogP contribution in [-0.2, 0) is 12.7 Å². The number of aromatic nitrogens is 2. The summed E-state index contributed by atoms with van der Waals surface area (Å²) in [7, 11) is 0. The fourth-order valence-electron chi connectivity index (χ4n) is 3.04. The number of nitrogens with one attached hydrogen (secondary N) is 1. The minimum Gasteiger partial charge on any atom is -0.337 e.